The lowest BCUT2D eigenvalue weighted by Gasteiger charge is -2.15. The van der Waals surface area contributed by atoms with Crippen LogP contribution < -0.4 is 5.32 Å². The molecule has 120 valence electrons. The van der Waals surface area contributed by atoms with Gasteiger partial charge in [0.2, 0.25) is 0 Å². The summed E-state index contributed by atoms with van der Waals surface area (Å²) in [5, 5.41) is 5.24. The van der Waals surface area contributed by atoms with E-state index in [4.69, 9.17) is 16.6 Å². The number of nitrogens with zero attached hydrogens (tertiary/aromatic N) is 1. The molecule has 24 heavy (non-hydrogen) atoms. The first-order chi connectivity index (χ1) is 11.6. The van der Waals surface area contributed by atoms with E-state index in [1.54, 1.807) is 6.92 Å². The fourth-order valence-corrected chi connectivity index (χ4v) is 3.51. The number of aryl methyl sites for hydroxylation is 1. The molecule has 0 saturated carbocycles. The van der Waals surface area contributed by atoms with Crippen LogP contribution in [-0.2, 0) is 12.8 Å². The molecule has 0 saturated heterocycles. The van der Waals surface area contributed by atoms with Gasteiger partial charge in [0.15, 0.2) is 5.78 Å². The molecule has 1 N–H and O–H groups in total. The zero-order valence-corrected chi connectivity index (χ0v) is 14.2. The van der Waals surface area contributed by atoms with Crippen LogP contribution in [-0.4, -0.2) is 10.8 Å². The highest BCUT2D eigenvalue weighted by Gasteiger charge is 2.20. The van der Waals surface area contributed by atoms with Crippen LogP contribution in [0.4, 0.5) is 11.4 Å². The molecule has 1 aromatic heterocycles. The van der Waals surface area contributed by atoms with Crippen molar-refractivity contribution in [1.82, 2.24) is 4.98 Å². The molecular weight excluding hydrogens is 320 g/mol. The summed E-state index contributed by atoms with van der Waals surface area (Å²) in [4.78, 5) is 16.4. The Kier molecular flexibility index (Phi) is 3.73. The van der Waals surface area contributed by atoms with Crippen molar-refractivity contribution in [3.8, 4) is 0 Å². The van der Waals surface area contributed by atoms with E-state index < -0.39 is 0 Å². The summed E-state index contributed by atoms with van der Waals surface area (Å²) in [6, 6.07) is 13.4. The molecule has 0 fully saturated rings. The molecule has 3 nitrogen and oxygen atoms in total. The molecule has 4 rings (SSSR count). The van der Waals surface area contributed by atoms with Crippen molar-refractivity contribution in [3.63, 3.8) is 0 Å². The molecule has 0 aliphatic heterocycles. The van der Waals surface area contributed by atoms with Gasteiger partial charge in [0, 0.05) is 27.4 Å². The largest absolute Gasteiger partial charge is 0.355 e. The minimum atomic E-state index is 0.0616. The maximum absolute atomic E-state index is 11.6. The average Bonchev–Trinajstić information content (AvgIpc) is 3.03. The van der Waals surface area contributed by atoms with E-state index in [0.717, 1.165) is 47.2 Å². The van der Waals surface area contributed by atoms with Gasteiger partial charge in [0.05, 0.1) is 11.2 Å². The van der Waals surface area contributed by atoms with Gasteiger partial charge >= 0.3 is 0 Å². The molecule has 0 unspecified atom stereocenters. The topological polar surface area (TPSA) is 42.0 Å². The van der Waals surface area contributed by atoms with Crippen LogP contribution in [0.25, 0.3) is 10.9 Å². The molecule has 3 aromatic rings. The number of benzene rings is 2. The summed E-state index contributed by atoms with van der Waals surface area (Å²) in [5.41, 5.74) is 6.05. The highest BCUT2D eigenvalue weighted by molar-refractivity contribution is 6.31. The van der Waals surface area contributed by atoms with Gasteiger partial charge in [-0.15, -0.1) is 0 Å². The van der Waals surface area contributed by atoms with Gasteiger partial charge in [0.1, 0.15) is 0 Å². The Morgan fingerprint density at radius 3 is 2.88 bits per heavy atom. The number of nitrogens with one attached hydrogen (secondary N) is 1. The van der Waals surface area contributed by atoms with Crippen LogP contribution in [0.2, 0.25) is 5.02 Å². The Bertz CT molecular complexity index is 965. The smallest absolute Gasteiger partial charge is 0.159 e. The van der Waals surface area contributed by atoms with Gasteiger partial charge < -0.3 is 5.32 Å². The molecule has 1 heterocycles. The number of fused-ring (bicyclic) bond motifs is 2. The standard InChI is InChI=1S/C20H17ClN2O/c1-12(24)13-4-2-5-15(10-13)22-20-16-6-3-7-18(16)23-19-9-8-14(21)11-17(19)20/h2,4-5,8-11H,3,6-7H2,1H3,(H,22,23). The maximum atomic E-state index is 11.6. The highest BCUT2D eigenvalue weighted by Crippen LogP contribution is 2.37. The van der Waals surface area contributed by atoms with Crippen molar-refractivity contribution in [2.24, 2.45) is 0 Å². The van der Waals surface area contributed by atoms with Crippen LogP contribution in [0.15, 0.2) is 42.5 Å². The first-order valence-electron chi connectivity index (χ1n) is 8.11. The average molecular weight is 337 g/mol. The molecule has 0 amide bonds. The Morgan fingerprint density at radius 1 is 1.17 bits per heavy atom. The molecule has 1 aliphatic carbocycles. The number of aromatic nitrogens is 1. The zero-order valence-electron chi connectivity index (χ0n) is 13.4. The summed E-state index contributed by atoms with van der Waals surface area (Å²) >= 11 is 6.21. The Hall–Kier alpha value is -2.39. The van der Waals surface area contributed by atoms with E-state index in [-0.39, 0.29) is 5.78 Å². The van der Waals surface area contributed by atoms with Crippen LogP contribution in [0.1, 0.15) is 35.0 Å². The monoisotopic (exact) mass is 336 g/mol. The van der Waals surface area contributed by atoms with E-state index in [1.165, 1.54) is 5.56 Å². The third-order valence-electron chi connectivity index (χ3n) is 4.51. The summed E-state index contributed by atoms with van der Waals surface area (Å²) in [7, 11) is 0. The number of hydrogen-bond acceptors (Lipinski definition) is 3. The number of halogens is 1. The second kappa shape index (κ2) is 5.91. The zero-order chi connectivity index (χ0) is 16.7. The molecule has 2 aromatic carbocycles. The Labute approximate surface area is 145 Å². The van der Waals surface area contributed by atoms with E-state index in [0.29, 0.717) is 10.6 Å². The fourth-order valence-electron chi connectivity index (χ4n) is 3.34. The molecule has 0 radical (unpaired) electrons. The molecule has 1 aliphatic rings. The van der Waals surface area contributed by atoms with E-state index in [9.17, 15) is 4.79 Å². The molecule has 0 spiro atoms. The van der Waals surface area contributed by atoms with Gasteiger partial charge in [-0.05, 0) is 62.1 Å². The molecule has 0 atom stereocenters. The van der Waals surface area contributed by atoms with Crippen molar-refractivity contribution < 1.29 is 4.79 Å². The van der Waals surface area contributed by atoms with Gasteiger partial charge in [-0.1, -0.05) is 23.7 Å². The lowest BCUT2D eigenvalue weighted by molar-refractivity contribution is 0.101. The van der Waals surface area contributed by atoms with Gasteiger partial charge in [-0.2, -0.15) is 0 Å². The predicted octanol–water partition coefficient (Wildman–Crippen LogP) is 5.32. The number of ketones is 1. The minimum Gasteiger partial charge on any atom is -0.355 e. The van der Waals surface area contributed by atoms with Crippen LogP contribution >= 0.6 is 11.6 Å². The molecular formula is C20H17ClN2O. The molecule has 0 bridgehead atoms. The number of rotatable bonds is 3. The highest BCUT2D eigenvalue weighted by atomic mass is 35.5. The summed E-state index contributed by atoms with van der Waals surface area (Å²) in [6.07, 6.45) is 3.14. The van der Waals surface area contributed by atoms with Crippen molar-refractivity contribution >= 4 is 39.7 Å². The van der Waals surface area contributed by atoms with Crippen molar-refractivity contribution in [1.29, 1.82) is 0 Å². The lowest BCUT2D eigenvalue weighted by atomic mass is 10.1. The van der Waals surface area contributed by atoms with Crippen molar-refractivity contribution in [2.45, 2.75) is 26.2 Å². The summed E-state index contributed by atoms with van der Waals surface area (Å²) in [6.45, 7) is 1.58. The molecule has 4 heteroatoms. The SMILES string of the molecule is CC(=O)c1cccc(Nc2c3c(nc4ccc(Cl)cc24)CCC3)c1. The number of pyridine rings is 1. The predicted molar refractivity (Wildman–Crippen MR) is 98.5 cm³/mol. The van der Waals surface area contributed by atoms with Gasteiger partial charge in [0.25, 0.3) is 0 Å². The lowest BCUT2D eigenvalue weighted by Crippen LogP contribution is -2.01. The third-order valence-corrected chi connectivity index (χ3v) is 4.75. The normalized spacial score (nSPS) is 13.1. The summed E-state index contributed by atoms with van der Waals surface area (Å²) < 4.78 is 0. The maximum Gasteiger partial charge on any atom is 0.159 e. The quantitative estimate of drug-likeness (QED) is 0.658. The van der Waals surface area contributed by atoms with Crippen molar-refractivity contribution in [3.05, 3.63) is 64.3 Å². The number of anilines is 2. The number of Topliss-reactive ketones (excluding diaryl/α,β-unsaturated/α-hetero) is 1. The van der Waals surface area contributed by atoms with Crippen LogP contribution in [0.5, 0.6) is 0 Å². The minimum absolute atomic E-state index is 0.0616. The first kappa shape index (κ1) is 15.2. The van der Waals surface area contributed by atoms with Crippen LogP contribution in [0, 0.1) is 0 Å². The van der Waals surface area contributed by atoms with E-state index in [2.05, 4.69) is 5.32 Å². The van der Waals surface area contributed by atoms with Crippen molar-refractivity contribution in [2.75, 3.05) is 5.32 Å². The number of carbonyl (C=O) groups is 1. The van der Waals surface area contributed by atoms with E-state index in [1.807, 2.05) is 42.5 Å². The fraction of sp³-hybridized carbons (Fsp3) is 0.200. The Morgan fingerprint density at radius 2 is 2.04 bits per heavy atom. The Balaban J connectivity index is 1.88. The van der Waals surface area contributed by atoms with Gasteiger partial charge in [-0.25, -0.2) is 0 Å². The van der Waals surface area contributed by atoms with Gasteiger partial charge in [-0.3, -0.25) is 9.78 Å². The number of carbonyl (C=O) groups excluding carboxylic acids is 1. The second-order valence-electron chi connectivity index (χ2n) is 6.19. The third kappa shape index (κ3) is 2.65. The summed E-state index contributed by atoms with van der Waals surface area (Å²) in [5.74, 6) is 0.0616. The number of hydrogen-bond donors (Lipinski definition) is 1. The first-order valence-corrected chi connectivity index (χ1v) is 8.48. The second-order valence-corrected chi connectivity index (χ2v) is 6.63. The van der Waals surface area contributed by atoms with Crippen LogP contribution in [0.3, 0.4) is 0 Å². The van der Waals surface area contributed by atoms with E-state index >= 15 is 0 Å².